The molecule has 0 bridgehead atoms. The van der Waals surface area contributed by atoms with E-state index in [2.05, 4.69) is 28.7 Å². The summed E-state index contributed by atoms with van der Waals surface area (Å²) in [7, 11) is 1.71. The van der Waals surface area contributed by atoms with Gasteiger partial charge in [-0.05, 0) is 19.8 Å². The number of rotatable bonds is 10. The number of methoxy groups -OCH3 is 1. The Hall–Kier alpha value is -0.910. The molecule has 0 unspecified atom stereocenters. The summed E-state index contributed by atoms with van der Waals surface area (Å²) in [6.07, 6.45) is 2.09. The summed E-state index contributed by atoms with van der Waals surface area (Å²) in [6.45, 7) is 8.75. The second kappa shape index (κ2) is 9.92. The first-order valence-corrected chi connectivity index (χ1v) is 7.90. The Morgan fingerprint density at radius 2 is 1.95 bits per heavy atom. The molecule has 1 aromatic heterocycles. The van der Waals surface area contributed by atoms with Crippen LogP contribution in [-0.4, -0.2) is 42.9 Å². The van der Waals surface area contributed by atoms with Crippen LogP contribution in [0.15, 0.2) is 6.07 Å². The predicted molar refractivity (Wildman–Crippen MR) is 86.0 cm³/mol. The molecule has 0 aliphatic heterocycles. The monoisotopic (exact) mass is 315 g/mol. The fourth-order valence-corrected chi connectivity index (χ4v) is 2.46. The molecule has 0 saturated carbocycles. The van der Waals surface area contributed by atoms with Gasteiger partial charge in [0.25, 0.3) is 0 Å². The van der Waals surface area contributed by atoms with E-state index in [4.69, 9.17) is 21.1 Å². The van der Waals surface area contributed by atoms with Crippen LogP contribution in [0.4, 0.5) is 5.82 Å². The summed E-state index contributed by atoms with van der Waals surface area (Å²) in [5, 5.41) is 0.447. The average Bonchev–Trinajstić information content (AvgIpc) is 2.48. The van der Waals surface area contributed by atoms with E-state index in [-0.39, 0.29) is 0 Å². The lowest BCUT2D eigenvalue weighted by atomic mass is 10.1. The lowest BCUT2D eigenvalue weighted by Crippen LogP contribution is -2.38. The van der Waals surface area contributed by atoms with Crippen molar-refractivity contribution in [3.8, 4) is 0 Å². The van der Waals surface area contributed by atoms with Gasteiger partial charge in [-0.3, -0.25) is 0 Å². The summed E-state index contributed by atoms with van der Waals surface area (Å²) in [6, 6.07) is 2.22. The van der Waals surface area contributed by atoms with Gasteiger partial charge < -0.3 is 14.4 Å². The van der Waals surface area contributed by atoms with Gasteiger partial charge in [-0.25, -0.2) is 9.97 Å². The average molecular weight is 316 g/mol. The smallest absolute Gasteiger partial charge is 0.158 e. The van der Waals surface area contributed by atoms with E-state index in [1.54, 1.807) is 7.11 Å². The van der Waals surface area contributed by atoms with Crippen molar-refractivity contribution in [2.45, 2.75) is 46.3 Å². The van der Waals surface area contributed by atoms with Crippen molar-refractivity contribution < 1.29 is 9.47 Å². The van der Waals surface area contributed by atoms with Gasteiger partial charge in [0, 0.05) is 32.4 Å². The first-order valence-electron chi connectivity index (χ1n) is 7.52. The van der Waals surface area contributed by atoms with Gasteiger partial charge in [-0.2, -0.15) is 0 Å². The number of halogens is 1. The van der Waals surface area contributed by atoms with Crippen molar-refractivity contribution in [1.82, 2.24) is 9.97 Å². The third-order valence-corrected chi connectivity index (χ3v) is 3.57. The highest BCUT2D eigenvalue weighted by Gasteiger charge is 2.18. The molecule has 0 aromatic carbocycles. The third kappa shape index (κ3) is 5.77. The van der Waals surface area contributed by atoms with E-state index in [1.807, 2.05) is 13.0 Å². The lowest BCUT2D eigenvalue weighted by molar-refractivity contribution is 0.128. The molecule has 0 saturated heterocycles. The number of hydrogen-bond donors (Lipinski definition) is 0. The fourth-order valence-electron chi connectivity index (χ4n) is 2.26. The third-order valence-electron chi connectivity index (χ3n) is 3.38. The molecule has 21 heavy (non-hydrogen) atoms. The maximum atomic E-state index is 6.13. The number of ether oxygens (including phenoxy) is 2. The maximum Gasteiger partial charge on any atom is 0.158 e. The van der Waals surface area contributed by atoms with E-state index < -0.39 is 0 Å². The minimum atomic E-state index is 0.380. The second-order valence-electron chi connectivity index (χ2n) is 4.76. The number of anilines is 1. The van der Waals surface area contributed by atoms with Crippen molar-refractivity contribution in [2.75, 3.05) is 31.8 Å². The molecule has 120 valence electrons. The highest BCUT2D eigenvalue weighted by Crippen LogP contribution is 2.21. The van der Waals surface area contributed by atoms with E-state index in [9.17, 15) is 0 Å². The molecule has 0 aliphatic carbocycles. The molecule has 5 nitrogen and oxygen atoms in total. The Labute approximate surface area is 132 Å². The van der Waals surface area contributed by atoms with Crippen LogP contribution in [0, 0.1) is 0 Å². The summed E-state index contributed by atoms with van der Waals surface area (Å²) in [4.78, 5) is 11.0. The first kappa shape index (κ1) is 18.1. The van der Waals surface area contributed by atoms with Crippen LogP contribution in [0.1, 0.15) is 39.4 Å². The molecule has 0 radical (unpaired) electrons. The van der Waals surface area contributed by atoms with Crippen LogP contribution in [0.25, 0.3) is 0 Å². The zero-order valence-electron chi connectivity index (χ0n) is 13.4. The van der Waals surface area contributed by atoms with E-state index in [0.717, 1.165) is 25.2 Å². The summed E-state index contributed by atoms with van der Waals surface area (Å²) in [5.41, 5.74) is 0. The van der Waals surface area contributed by atoms with Crippen LogP contribution in [0.5, 0.6) is 0 Å². The zero-order chi connectivity index (χ0) is 15.7. The Morgan fingerprint density at radius 3 is 2.52 bits per heavy atom. The standard InChI is InChI=1S/C15H26ClN3O2/c1-5-12(6-2)19(8-9-20-4)15-10-13(16)17-14(18-15)11-21-7-3/h10,12H,5-9,11H2,1-4H3. The minimum Gasteiger partial charge on any atom is -0.383 e. The van der Waals surface area contributed by atoms with E-state index in [1.165, 1.54) is 0 Å². The maximum absolute atomic E-state index is 6.13. The number of nitrogens with zero attached hydrogens (tertiary/aromatic N) is 3. The van der Waals surface area contributed by atoms with Gasteiger partial charge in [0.1, 0.15) is 17.6 Å². The van der Waals surface area contributed by atoms with Gasteiger partial charge in [-0.15, -0.1) is 0 Å². The highest BCUT2D eigenvalue weighted by molar-refractivity contribution is 6.29. The Bertz CT molecular complexity index is 414. The molecule has 0 amide bonds. The van der Waals surface area contributed by atoms with Crippen LogP contribution in [-0.2, 0) is 16.1 Å². The van der Waals surface area contributed by atoms with Crippen molar-refractivity contribution in [2.24, 2.45) is 0 Å². The molecular weight excluding hydrogens is 290 g/mol. The number of aromatic nitrogens is 2. The summed E-state index contributed by atoms with van der Waals surface area (Å²) in [5.74, 6) is 1.46. The minimum absolute atomic E-state index is 0.380. The van der Waals surface area contributed by atoms with Gasteiger partial charge >= 0.3 is 0 Å². The molecule has 0 aliphatic rings. The topological polar surface area (TPSA) is 47.5 Å². The molecule has 6 heteroatoms. The summed E-state index contributed by atoms with van der Waals surface area (Å²) < 4.78 is 10.6. The molecule has 0 N–H and O–H groups in total. The van der Waals surface area contributed by atoms with Crippen molar-refractivity contribution in [1.29, 1.82) is 0 Å². The van der Waals surface area contributed by atoms with Crippen LogP contribution >= 0.6 is 11.6 Å². The number of hydrogen-bond acceptors (Lipinski definition) is 5. The molecule has 0 fully saturated rings. The molecular formula is C15H26ClN3O2. The fraction of sp³-hybridized carbons (Fsp3) is 0.733. The Balaban J connectivity index is 3.01. The first-order chi connectivity index (χ1) is 10.2. The van der Waals surface area contributed by atoms with Gasteiger partial charge in [0.15, 0.2) is 5.82 Å². The lowest BCUT2D eigenvalue weighted by Gasteiger charge is -2.31. The molecule has 0 spiro atoms. The largest absolute Gasteiger partial charge is 0.383 e. The van der Waals surface area contributed by atoms with Crippen molar-refractivity contribution in [3.05, 3.63) is 17.0 Å². The molecule has 0 atom stereocenters. The van der Waals surface area contributed by atoms with Gasteiger partial charge in [0.05, 0.1) is 6.61 Å². The second-order valence-corrected chi connectivity index (χ2v) is 5.15. The quantitative estimate of drug-likeness (QED) is 0.620. The normalized spacial score (nSPS) is 11.1. The highest BCUT2D eigenvalue weighted by atomic mass is 35.5. The SMILES string of the molecule is CCOCc1nc(Cl)cc(N(CCOC)C(CC)CC)n1. The van der Waals surface area contributed by atoms with Crippen molar-refractivity contribution in [3.63, 3.8) is 0 Å². The molecule has 1 rings (SSSR count). The summed E-state index contributed by atoms with van der Waals surface area (Å²) >= 11 is 6.13. The van der Waals surface area contributed by atoms with Crippen LogP contribution < -0.4 is 4.90 Å². The Kier molecular flexibility index (Phi) is 8.57. The van der Waals surface area contributed by atoms with Crippen molar-refractivity contribution >= 4 is 17.4 Å². The van der Waals surface area contributed by atoms with Gasteiger partial charge in [-0.1, -0.05) is 25.4 Å². The van der Waals surface area contributed by atoms with E-state index >= 15 is 0 Å². The zero-order valence-corrected chi connectivity index (χ0v) is 14.2. The van der Waals surface area contributed by atoms with Crippen LogP contribution in [0.2, 0.25) is 5.15 Å². The molecule has 1 heterocycles. The molecule has 1 aromatic rings. The van der Waals surface area contributed by atoms with Crippen LogP contribution in [0.3, 0.4) is 0 Å². The predicted octanol–water partition coefficient (Wildman–Crippen LogP) is 3.31. The Morgan fingerprint density at radius 1 is 1.24 bits per heavy atom. The van der Waals surface area contributed by atoms with E-state index in [0.29, 0.717) is 36.8 Å². The van der Waals surface area contributed by atoms with Gasteiger partial charge in [0.2, 0.25) is 0 Å².